The van der Waals surface area contributed by atoms with Crippen LogP contribution in [0.25, 0.3) is 0 Å². The molecule has 0 atom stereocenters. The van der Waals surface area contributed by atoms with E-state index >= 15 is 0 Å². The smallest absolute Gasteiger partial charge is 0.265 e. The maximum absolute atomic E-state index is 12.4. The number of aromatic nitrogens is 2. The number of para-hydroxylation sites is 1. The Hall–Kier alpha value is -3.38. The van der Waals surface area contributed by atoms with Crippen molar-refractivity contribution in [3.05, 3.63) is 93.9 Å². The Kier molecular flexibility index (Phi) is 5.44. The van der Waals surface area contributed by atoms with Crippen LogP contribution in [0.3, 0.4) is 0 Å². The lowest BCUT2D eigenvalue weighted by molar-refractivity contribution is 0.103. The Balaban J connectivity index is 1.51. The number of rotatable bonds is 6. The van der Waals surface area contributed by atoms with E-state index in [1.54, 1.807) is 0 Å². The number of hydrogen-bond donors (Lipinski definition) is 1. The minimum absolute atomic E-state index is 0.107. The van der Waals surface area contributed by atoms with Crippen LogP contribution >= 0.6 is 11.3 Å². The van der Waals surface area contributed by atoms with Gasteiger partial charge in [-0.1, -0.05) is 36.4 Å². The summed E-state index contributed by atoms with van der Waals surface area (Å²) in [5, 5.41) is 9.50. The molecule has 2 heterocycles. The predicted molar refractivity (Wildman–Crippen MR) is 116 cm³/mol. The number of nitrogens with zero attached hydrogens (tertiary/aromatic N) is 2. The number of aryl methyl sites for hydroxylation is 1. The third-order valence-electron chi connectivity index (χ3n) is 4.57. The largest absolute Gasteiger partial charge is 0.457 e. The second kappa shape index (κ2) is 8.32. The van der Waals surface area contributed by atoms with E-state index < -0.39 is 0 Å². The van der Waals surface area contributed by atoms with Crippen LogP contribution < -0.4 is 10.1 Å². The fraction of sp³-hybridized carbons (Fsp3) is 0.130. The molecule has 6 heteroatoms. The van der Waals surface area contributed by atoms with E-state index in [4.69, 9.17) is 4.74 Å². The highest BCUT2D eigenvalue weighted by Crippen LogP contribution is 2.25. The number of amides is 1. The Morgan fingerprint density at radius 2 is 1.83 bits per heavy atom. The molecule has 0 aliphatic rings. The molecule has 0 aliphatic heterocycles. The molecule has 2 aromatic carbocycles. The van der Waals surface area contributed by atoms with E-state index in [9.17, 15) is 4.79 Å². The number of carbonyl (C=O) groups excluding carboxylic acids is 1. The highest BCUT2D eigenvalue weighted by molar-refractivity contribution is 7.12. The molecule has 2 aromatic heterocycles. The topological polar surface area (TPSA) is 56.1 Å². The zero-order valence-electron chi connectivity index (χ0n) is 16.3. The van der Waals surface area contributed by atoms with E-state index in [0.717, 1.165) is 34.1 Å². The number of hydrogen-bond acceptors (Lipinski definition) is 4. The summed E-state index contributed by atoms with van der Waals surface area (Å²) in [6.45, 7) is 4.46. The van der Waals surface area contributed by atoms with Gasteiger partial charge in [0.25, 0.3) is 5.91 Å². The number of nitrogens with one attached hydrogen (secondary N) is 1. The van der Waals surface area contributed by atoms with Crippen LogP contribution in [-0.4, -0.2) is 15.7 Å². The molecule has 0 saturated carbocycles. The van der Waals surface area contributed by atoms with Gasteiger partial charge >= 0.3 is 0 Å². The SMILES string of the molecule is Cc1nn(Cc2cccc(Oc3ccccc3)c2)c(C)c1NC(=O)c1cccs1. The van der Waals surface area contributed by atoms with Gasteiger partial charge in [0, 0.05) is 0 Å². The van der Waals surface area contributed by atoms with Gasteiger partial charge in [-0.3, -0.25) is 9.48 Å². The average molecular weight is 404 g/mol. The highest BCUT2D eigenvalue weighted by atomic mass is 32.1. The van der Waals surface area contributed by atoms with Gasteiger partial charge in [0.05, 0.1) is 28.5 Å². The molecule has 0 saturated heterocycles. The third-order valence-corrected chi connectivity index (χ3v) is 5.44. The first kappa shape index (κ1) is 19.0. The molecule has 0 fully saturated rings. The molecule has 4 rings (SSSR count). The summed E-state index contributed by atoms with van der Waals surface area (Å²) in [5.41, 5.74) is 3.55. The van der Waals surface area contributed by atoms with E-state index in [0.29, 0.717) is 11.4 Å². The number of thiophene rings is 1. The Labute approximate surface area is 173 Å². The van der Waals surface area contributed by atoms with Crippen LogP contribution in [0.2, 0.25) is 0 Å². The molecule has 146 valence electrons. The van der Waals surface area contributed by atoms with Gasteiger partial charge in [0.15, 0.2) is 0 Å². The molecule has 0 radical (unpaired) electrons. The number of carbonyl (C=O) groups is 1. The molecule has 29 heavy (non-hydrogen) atoms. The Bertz CT molecular complexity index is 1120. The van der Waals surface area contributed by atoms with Crippen molar-refractivity contribution in [3.63, 3.8) is 0 Å². The minimum Gasteiger partial charge on any atom is -0.457 e. The van der Waals surface area contributed by atoms with Gasteiger partial charge in [-0.25, -0.2) is 0 Å². The van der Waals surface area contributed by atoms with Crippen LogP contribution in [0, 0.1) is 13.8 Å². The van der Waals surface area contributed by atoms with Crippen molar-refractivity contribution in [3.8, 4) is 11.5 Å². The molecular formula is C23H21N3O2S. The first-order valence-corrected chi connectivity index (χ1v) is 10.2. The summed E-state index contributed by atoms with van der Waals surface area (Å²) in [5.74, 6) is 1.47. The molecule has 0 aliphatic carbocycles. The zero-order valence-corrected chi connectivity index (χ0v) is 17.1. The van der Waals surface area contributed by atoms with E-state index in [-0.39, 0.29) is 5.91 Å². The molecular weight excluding hydrogens is 382 g/mol. The maximum Gasteiger partial charge on any atom is 0.265 e. The van der Waals surface area contributed by atoms with Crippen LogP contribution in [0.4, 0.5) is 5.69 Å². The van der Waals surface area contributed by atoms with Crippen molar-refractivity contribution < 1.29 is 9.53 Å². The Morgan fingerprint density at radius 1 is 1.03 bits per heavy atom. The van der Waals surface area contributed by atoms with Gasteiger partial charge in [0.2, 0.25) is 0 Å². The van der Waals surface area contributed by atoms with Crippen molar-refractivity contribution >= 4 is 22.9 Å². The third kappa shape index (κ3) is 4.38. The monoisotopic (exact) mass is 403 g/mol. The van der Waals surface area contributed by atoms with Crippen molar-refractivity contribution in [2.24, 2.45) is 0 Å². The van der Waals surface area contributed by atoms with E-state index in [2.05, 4.69) is 10.4 Å². The number of ether oxygens (including phenoxy) is 1. The van der Waals surface area contributed by atoms with Gasteiger partial charge in [0.1, 0.15) is 11.5 Å². The van der Waals surface area contributed by atoms with Gasteiger partial charge in [-0.2, -0.15) is 5.10 Å². The molecule has 4 aromatic rings. The lowest BCUT2D eigenvalue weighted by Crippen LogP contribution is -2.12. The van der Waals surface area contributed by atoms with Crippen LogP contribution in [0.15, 0.2) is 72.1 Å². The van der Waals surface area contributed by atoms with Crippen molar-refractivity contribution in [1.82, 2.24) is 9.78 Å². The molecule has 0 bridgehead atoms. The second-order valence-electron chi connectivity index (χ2n) is 6.70. The van der Waals surface area contributed by atoms with Gasteiger partial charge in [-0.05, 0) is 55.1 Å². The summed E-state index contributed by atoms with van der Waals surface area (Å²) in [6, 6.07) is 21.3. The summed E-state index contributed by atoms with van der Waals surface area (Å²) in [6.07, 6.45) is 0. The zero-order chi connectivity index (χ0) is 20.2. The predicted octanol–water partition coefficient (Wildman–Crippen LogP) is 5.65. The molecule has 0 spiro atoms. The second-order valence-corrected chi connectivity index (χ2v) is 7.65. The van der Waals surface area contributed by atoms with Crippen LogP contribution in [0.5, 0.6) is 11.5 Å². The standard InChI is InChI=1S/C23H21N3O2S/c1-16-22(24-23(27)21-12-7-13-29-21)17(2)26(25-16)15-18-8-6-11-20(14-18)28-19-9-4-3-5-10-19/h3-14H,15H2,1-2H3,(H,24,27). The quantitative estimate of drug-likeness (QED) is 0.452. The van der Waals surface area contributed by atoms with Crippen LogP contribution in [0.1, 0.15) is 26.6 Å². The molecule has 1 amide bonds. The minimum atomic E-state index is -0.107. The van der Waals surface area contributed by atoms with Gasteiger partial charge in [-0.15, -0.1) is 11.3 Å². The summed E-state index contributed by atoms with van der Waals surface area (Å²) in [7, 11) is 0. The Morgan fingerprint density at radius 3 is 2.59 bits per heavy atom. The van der Waals surface area contributed by atoms with Crippen LogP contribution in [-0.2, 0) is 6.54 Å². The summed E-state index contributed by atoms with van der Waals surface area (Å²) < 4.78 is 7.83. The van der Waals surface area contributed by atoms with E-state index in [1.165, 1.54) is 11.3 Å². The van der Waals surface area contributed by atoms with Crippen molar-refractivity contribution in [2.45, 2.75) is 20.4 Å². The lowest BCUT2D eigenvalue weighted by Gasteiger charge is -2.09. The fourth-order valence-electron chi connectivity index (χ4n) is 3.12. The maximum atomic E-state index is 12.4. The summed E-state index contributed by atoms with van der Waals surface area (Å²) >= 11 is 1.42. The molecule has 1 N–H and O–H groups in total. The lowest BCUT2D eigenvalue weighted by atomic mass is 10.2. The van der Waals surface area contributed by atoms with Crippen molar-refractivity contribution in [2.75, 3.05) is 5.32 Å². The van der Waals surface area contributed by atoms with Crippen molar-refractivity contribution in [1.29, 1.82) is 0 Å². The highest BCUT2D eigenvalue weighted by Gasteiger charge is 2.16. The van der Waals surface area contributed by atoms with Gasteiger partial charge < -0.3 is 10.1 Å². The average Bonchev–Trinajstić information content (AvgIpc) is 3.34. The first-order chi connectivity index (χ1) is 14.1. The summed E-state index contributed by atoms with van der Waals surface area (Å²) in [4.78, 5) is 13.1. The number of benzene rings is 2. The number of anilines is 1. The molecule has 5 nitrogen and oxygen atoms in total. The molecule has 0 unspecified atom stereocenters. The fourth-order valence-corrected chi connectivity index (χ4v) is 3.74. The first-order valence-electron chi connectivity index (χ1n) is 9.31. The van der Waals surface area contributed by atoms with E-state index in [1.807, 2.05) is 90.6 Å². The normalized spacial score (nSPS) is 10.7.